The summed E-state index contributed by atoms with van der Waals surface area (Å²) in [5.41, 5.74) is -0.532. The average Bonchev–Trinajstić information content (AvgIpc) is 2.32. The highest BCUT2D eigenvalue weighted by Crippen LogP contribution is 2.23. The van der Waals surface area contributed by atoms with Crippen molar-refractivity contribution in [2.75, 3.05) is 0 Å². The number of carbonyl (C=O) groups excluding carboxylic acids is 1. The average molecular weight is 285 g/mol. The molecule has 0 aromatic heterocycles. The van der Waals surface area contributed by atoms with Crippen LogP contribution in [0.15, 0.2) is 18.2 Å². The first kappa shape index (κ1) is 14.8. The molecule has 5 heteroatoms. The van der Waals surface area contributed by atoms with Gasteiger partial charge in [0, 0.05) is 5.56 Å². The second-order valence-electron chi connectivity index (χ2n) is 4.55. The lowest BCUT2D eigenvalue weighted by atomic mass is 9.90. The summed E-state index contributed by atoms with van der Waals surface area (Å²) in [6.07, 6.45) is 0. The molecule has 1 aromatic rings. The largest absolute Gasteiger partial charge is 0.334 e. The molecule has 1 atom stereocenters. The first-order valence-corrected chi connectivity index (χ1v) is 6.24. The first-order valence-electron chi connectivity index (χ1n) is 5.49. The lowest BCUT2D eigenvalue weighted by Gasteiger charge is -2.27. The lowest BCUT2D eigenvalue weighted by molar-refractivity contribution is 0.0908. The normalized spacial score (nSPS) is 13.8. The van der Waals surface area contributed by atoms with Crippen LogP contribution in [0.1, 0.15) is 31.1 Å². The van der Waals surface area contributed by atoms with Gasteiger partial charge in [-0.15, -0.1) is 0 Å². The molecule has 1 unspecified atom stereocenters. The smallest absolute Gasteiger partial charge is 0.252 e. The quantitative estimate of drug-likeness (QED) is 0.921. The number of carbonyl (C=O) groups is 1. The highest BCUT2D eigenvalue weighted by Gasteiger charge is 2.30. The summed E-state index contributed by atoms with van der Waals surface area (Å²) in [5.74, 6) is -0.347. The van der Waals surface area contributed by atoms with Crippen molar-refractivity contribution in [1.82, 2.24) is 5.32 Å². The van der Waals surface area contributed by atoms with Gasteiger partial charge in [-0.2, -0.15) is 5.26 Å². The van der Waals surface area contributed by atoms with Crippen LogP contribution >= 0.6 is 23.2 Å². The van der Waals surface area contributed by atoms with Gasteiger partial charge in [0.15, 0.2) is 0 Å². The maximum absolute atomic E-state index is 12.0. The Kier molecular flexibility index (Phi) is 4.61. The Morgan fingerprint density at radius 1 is 1.39 bits per heavy atom. The van der Waals surface area contributed by atoms with Crippen molar-refractivity contribution < 1.29 is 4.79 Å². The van der Waals surface area contributed by atoms with E-state index in [1.165, 1.54) is 6.07 Å². The van der Waals surface area contributed by atoms with Crippen LogP contribution in [0.3, 0.4) is 0 Å². The fraction of sp³-hybridized carbons (Fsp3) is 0.385. The molecule has 1 rings (SSSR count). The van der Waals surface area contributed by atoms with Crippen molar-refractivity contribution in [2.24, 2.45) is 5.92 Å². The van der Waals surface area contributed by atoms with E-state index >= 15 is 0 Å². The van der Waals surface area contributed by atoms with Gasteiger partial charge in [0.2, 0.25) is 0 Å². The van der Waals surface area contributed by atoms with Gasteiger partial charge < -0.3 is 5.32 Å². The van der Waals surface area contributed by atoms with Crippen LogP contribution in [0, 0.1) is 17.2 Å². The van der Waals surface area contributed by atoms with Gasteiger partial charge in [-0.3, -0.25) is 4.79 Å². The van der Waals surface area contributed by atoms with Gasteiger partial charge in [0.05, 0.1) is 16.1 Å². The Morgan fingerprint density at radius 2 is 2.00 bits per heavy atom. The van der Waals surface area contributed by atoms with Gasteiger partial charge >= 0.3 is 0 Å². The second-order valence-corrected chi connectivity index (χ2v) is 5.37. The minimum absolute atomic E-state index is 0.00535. The predicted molar refractivity (Wildman–Crippen MR) is 72.8 cm³/mol. The molecule has 0 aliphatic rings. The predicted octanol–water partition coefficient (Wildman–Crippen LogP) is 3.66. The molecule has 0 aliphatic heterocycles. The van der Waals surface area contributed by atoms with Gasteiger partial charge in [-0.25, -0.2) is 0 Å². The summed E-state index contributed by atoms with van der Waals surface area (Å²) in [6, 6.07) is 6.72. The summed E-state index contributed by atoms with van der Waals surface area (Å²) in [5, 5.41) is 12.5. The third-order valence-electron chi connectivity index (χ3n) is 2.94. The van der Waals surface area contributed by atoms with Gasteiger partial charge in [0.1, 0.15) is 5.54 Å². The molecule has 18 heavy (non-hydrogen) atoms. The summed E-state index contributed by atoms with van der Waals surface area (Å²) in [6.45, 7) is 5.43. The molecule has 0 fully saturated rings. The van der Waals surface area contributed by atoms with Crippen LogP contribution in [-0.4, -0.2) is 11.4 Å². The number of hydrogen-bond donors (Lipinski definition) is 1. The summed E-state index contributed by atoms with van der Waals surface area (Å²) >= 11 is 11.6. The van der Waals surface area contributed by atoms with Crippen LogP contribution in [0.4, 0.5) is 0 Å². The number of nitrogens with zero attached hydrogens (tertiary/aromatic N) is 1. The minimum atomic E-state index is -0.913. The molecule has 1 amide bonds. The topological polar surface area (TPSA) is 52.9 Å². The molecule has 0 saturated heterocycles. The molecule has 0 aliphatic carbocycles. The van der Waals surface area contributed by atoms with E-state index in [9.17, 15) is 4.79 Å². The standard InChI is InChI=1S/C13H14Cl2N2O/c1-8(2)13(3,7-16)17-12(18)9-4-5-10(14)11(15)6-9/h4-6,8H,1-3H3,(H,17,18). The van der Waals surface area contributed by atoms with Gasteiger partial charge in [0.25, 0.3) is 5.91 Å². The molecule has 0 saturated carbocycles. The van der Waals surface area contributed by atoms with E-state index < -0.39 is 5.54 Å². The zero-order chi connectivity index (χ0) is 13.9. The van der Waals surface area contributed by atoms with Crippen LogP contribution in [0.25, 0.3) is 0 Å². The van der Waals surface area contributed by atoms with Crippen molar-refractivity contribution in [3.63, 3.8) is 0 Å². The summed E-state index contributed by atoms with van der Waals surface area (Å²) in [4.78, 5) is 12.0. The maximum atomic E-state index is 12.0. The fourth-order valence-corrected chi connectivity index (χ4v) is 1.54. The molecule has 3 nitrogen and oxygen atoms in total. The summed E-state index contributed by atoms with van der Waals surface area (Å²) < 4.78 is 0. The molecule has 1 N–H and O–H groups in total. The fourth-order valence-electron chi connectivity index (χ4n) is 1.25. The molecule has 0 heterocycles. The van der Waals surface area contributed by atoms with Gasteiger partial charge in [-0.05, 0) is 31.0 Å². The van der Waals surface area contributed by atoms with E-state index in [0.29, 0.717) is 15.6 Å². The highest BCUT2D eigenvalue weighted by atomic mass is 35.5. The van der Waals surface area contributed by atoms with Crippen molar-refractivity contribution in [3.05, 3.63) is 33.8 Å². The number of benzene rings is 1. The Balaban J connectivity index is 2.96. The lowest BCUT2D eigenvalue weighted by Crippen LogP contribution is -2.48. The maximum Gasteiger partial charge on any atom is 0.252 e. The molecular weight excluding hydrogens is 271 g/mol. The van der Waals surface area contributed by atoms with E-state index in [2.05, 4.69) is 11.4 Å². The Hall–Kier alpha value is -1.24. The Labute approximate surface area is 117 Å². The van der Waals surface area contributed by atoms with E-state index in [0.717, 1.165) is 0 Å². The van der Waals surface area contributed by atoms with E-state index in [4.69, 9.17) is 28.5 Å². The van der Waals surface area contributed by atoms with Gasteiger partial charge in [-0.1, -0.05) is 37.0 Å². The molecule has 0 bridgehead atoms. The molecule has 0 radical (unpaired) electrons. The van der Waals surface area contributed by atoms with Crippen molar-refractivity contribution in [1.29, 1.82) is 5.26 Å². The molecule has 0 spiro atoms. The minimum Gasteiger partial charge on any atom is -0.334 e. The van der Waals surface area contributed by atoms with Crippen molar-refractivity contribution in [2.45, 2.75) is 26.3 Å². The number of hydrogen-bond acceptors (Lipinski definition) is 2. The highest BCUT2D eigenvalue weighted by molar-refractivity contribution is 6.42. The number of nitrogens with one attached hydrogen (secondary N) is 1. The third kappa shape index (κ3) is 3.16. The van der Waals surface area contributed by atoms with Crippen LogP contribution in [0.2, 0.25) is 10.0 Å². The number of nitriles is 1. The van der Waals surface area contributed by atoms with Crippen molar-refractivity contribution in [3.8, 4) is 6.07 Å². The Bertz CT molecular complexity index is 508. The Morgan fingerprint density at radius 3 is 2.44 bits per heavy atom. The second kappa shape index (κ2) is 5.60. The van der Waals surface area contributed by atoms with Crippen LogP contribution < -0.4 is 5.32 Å². The van der Waals surface area contributed by atoms with Crippen LogP contribution in [0.5, 0.6) is 0 Å². The SMILES string of the molecule is CC(C)C(C)(C#N)NC(=O)c1ccc(Cl)c(Cl)c1. The molecular formula is C13H14Cl2N2O. The van der Waals surface area contributed by atoms with Crippen LogP contribution in [-0.2, 0) is 0 Å². The monoisotopic (exact) mass is 284 g/mol. The number of rotatable bonds is 3. The molecule has 96 valence electrons. The number of amides is 1. The van der Waals surface area contributed by atoms with Crippen molar-refractivity contribution >= 4 is 29.1 Å². The first-order chi connectivity index (χ1) is 8.30. The third-order valence-corrected chi connectivity index (χ3v) is 3.68. The zero-order valence-electron chi connectivity index (χ0n) is 10.4. The van der Waals surface area contributed by atoms with E-state index in [1.54, 1.807) is 19.1 Å². The number of halogens is 2. The molecule has 1 aromatic carbocycles. The summed E-state index contributed by atoms with van der Waals surface area (Å²) in [7, 11) is 0. The zero-order valence-corrected chi connectivity index (χ0v) is 11.9. The van der Waals surface area contributed by atoms with E-state index in [1.807, 2.05) is 13.8 Å². The van der Waals surface area contributed by atoms with E-state index in [-0.39, 0.29) is 11.8 Å².